The monoisotopic (exact) mass is 536 g/mol. The number of amides is 3. The number of carbonyl (C=O) groups is 3. The van der Waals surface area contributed by atoms with E-state index in [1.165, 1.54) is 21.6 Å². The van der Waals surface area contributed by atoms with Gasteiger partial charge in [0.25, 0.3) is 0 Å². The highest BCUT2D eigenvalue weighted by Gasteiger charge is 2.61. The van der Waals surface area contributed by atoms with E-state index in [9.17, 15) is 14.4 Å². The molecule has 2 aliphatic heterocycles. The molecule has 3 saturated carbocycles. The summed E-state index contributed by atoms with van der Waals surface area (Å²) < 4.78 is 11.7. The van der Waals surface area contributed by atoms with Gasteiger partial charge >= 0.3 is 6.09 Å². The second kappa shape index (κ2) is 9.81. The van der Waals surface area contributed by atoms with Crippen LogP contribution in [-0.4, -0.2) is 71.4 Å². The fourth-order valence-electron chi connectivity index (χ4n) is 8.10. The summed E-state index contributed by atoms with van der Waals surface area (Å²) >= 11 is 1.52. The summed E-state index contributed by atoms with van der Waals surface area (Å²) in [5, 5.41) is 1.17. The van der Waals surface area contributed by atoms with E-state index in [1.54, 1.807) is 9.80 Å². The number of anilines is 1. The Kier molecular flexibility index (Phi) is 6.29. The number of carbonyl (C=O) groups excluding carboxylic acids is 3. The van der Waals surface area contributed by atoms with E-state index >= 15 is 0 Å². The van der Waals surface area contributed by atoms with Crippen molar-refractivity contribution in [1.29, 1.82) is 0 Å². The number of fused-ring (bicyclic) bond motifs is 6. The van der Waals surface area contributed by atoms with Crippen LogP contribution in [0.2, 0.25) is 0 Å². The SMILES string of the molecule is O=C(OC[C@@H]1CCCC[C@H]1CN1C(=O)[C@@H]2[C@H]3CC[C@H](C3)[C@@H]2C1=O)N1CCN(c2nsc3ccccc23)CC1. The van der Waals surface area contributed by atoms with Crippen molar-refractivity contribution < 1.29 is 19.1 Å². The van der Waals surface area contributed by atoms with Gasteiger partial charge in [-0.1, -0.05) is 25.0 Å². The molecule has 1 aromatic carbocycles. The maximum absolute atomic E-state index is 13.2. The Bertz CT molecular complexity index is 1210. The van der Waals surface area contributed by atoms with Gasteiger partial charge in [-0.15, -0.1) is 0 Å². The molecule has 2 bridgehead atoms. The Morgan fingerprint density at radius 1 is 0.921 bits per heavy atom. The van der Waals surface area contributed by atoms with Crippen LogP contribution >= 0.6 is 11.5 Å². The van der Waals surface area contributed by atoms with Gasteiger partial charge in [0.05, 0.1) is 23.1 Å². The van der Waals surface area contributed by atoms with Crippen molar-refractivity contribution in [2.75, 3.05) is 44.2 Å². The smallest absolute Gasteiger partial charge is 0.409 e. The average Bonchev–Trinajstić information content (AvgIpc) is 3.73. The number of ether oxygens (including phenoxy) is 1. The third-order valence-corrected chi connectivity index (χ3v) is 10.9. The first kappa shape index (κ1) is 24.4. The van der Waals surface area contributed by atoms with Crippen molar-refractivity contribution in [3.05, 3.63) is 24.3 Å². The lowest BCUT2D eigenvalue weighted by molar-refractivity contribution is -0.142. The molecular formula is C29H36N4O4S. The highest BCUT2D eigenvalue weighted by Crippen LogP contribution is 2.56. The molecule has 5 aliphatic rings. The van der Waals surface area contributed by atoms with E-state index in [2.05, 4.69) is 21.4 Å². The highest BCUT2D eigenvalue weighted by atomic mass is 32.1. The lowest BCUT2D eigenvalue weighted by Gasteiger charge is -2.36. The van der Waals surface area contributed by atoms with Crippen LogP contribution in [0.4, 0.5) is 10.6 Å². The average molecular weight is 537 g/mol. The van der Waals surface area contributed by atoms with Gasteiger partial charge in [0.2, 0.25) is 11.8 Å². The topological polar surface area (TPSA) is 83.0 Å². The summed E-state index contributed by atoms with van der Waals surface area (Å²) in [7, 11) is 0. The summed E-state index contributed by atoms with van der Waals surface area (Å²) in [5.74, 6) is 2.33. The molecular weight excluding hydrogens is 500 g/mol. The first-order valence-corrected chi connectivity index (χ1v) is 15.2. The molecule has 9 heteroatoms. The molecule has 5 fully saturated rings. The van der Waals surface area contributed by atoms with Crippen LogP contribution in [-0.2, 0) is 14.3 Å². The number of hydrogen-bond acceptors (Lipinski definition) is 7. The van der Waals surface area contributed by atoms with Crippen molar-refractivity contribution in [2.24, 2.45) is 35.5 Å². The Labute approximate surface area is 227 Å². The third-order valence-electron chi connectivity index (χ3n) is 10.1. The highest BCUT2D eigenvalue weighted by molar-refractivity contribution is 7.13. The number of rotatable bonds is 5. The van der Waals surface area contributed by atoms with E-state index in [0.29, 0.717) is 38.1 Å². The van der Waals surface area contributed by atoms with Crippen molar-refractivity contribution in [1.82, 2.24) is 14.2 Å². The van der Waals surface area contributed by atoms with Gasteiger partial charge in [-0.25, -0.2) is 4.79 Å². The Morgan fingerprint density at radius 2 is 1.61 bits per heavy atom. The van der Waals surface area contributed by atoms with Crippen LogP contribution in [0.25, 0.3) is 10.1 Å². The molecule has 8 nitrogen and oxygen atoms in total. The first-order valence-electron chi connectivity index (χ1n) is 14.4. The molecule has 1 aromatic heterocycles. The minimum absolute atomic E-state index is 0.0537. The lowest BCUT2D eigenvalue weighted by Crippen LogP contribution is -2.49. The molecule has 38 heavy (non-hydrogen) atoms. The van der Waals surface area contributed by atoms with Crippen molar-refractivity contribution in [2.45, 2.75) is 44.9 Å². The molecule has 2 saturated heterocycles. The number of benzene rings is 1. The van der Waals surface area contributed by atoms with Crippen LogP contribution in [0, 0.1) is 35.5 Å². The normalized spacial score (nSPS) is 32.9. The summed E-state index contributed by atoms with van der Waals surface area (Å²) in [6, 6.07) is 8.27. The van der Waals surface area contributed by atoms with Gasteiger partial charge < -0.3 is 14.5 Å². The minimum Gasteiger partial charge on any atom is -0.449 e. The van der Waals surface area contributed by atoms with Crippen molar-refractivity contribution in [3.8, 4) is 0 Å². The number of likely N-dealkylation sites (tertiary alicyclic amines) is 1. The van der Waals surface area contributed by atoms with Crippen LogP contribution in [0.15, 0.2) is 24.3 Å². The predicted octanol–water partition coefficient (Wildman–Crippen LogP) is 4.39. The first-order chi connectivity index (χ1) is 18.6. The van der Waals surface area contributed by atoms with E-state index in [4.69, 9.17) is 4.74 Å². The second-order valence-corrected chi connectivity index (χ2v) is 12.8. The molecule has 0 spiro atoms. The van der Waals surface area contributed by atoms with Crippen LogP contribution < -0.4 is 4.90 Å². The number of aromatic nitrogens is 1. The molecule has 0 N–H and O–H groups in total. The molecule has 3 heterocycles. The van der Waals surface area contributed by atoms with Gasteiger partial charge in [-0.3, -0.25) is 14.5 Å². The summed E-state index contributed by atoms with van der Waals surface area (Å²) in [6.07, 6.45) is 7.21. The summed E-state index contributed by atoms with van der Waals surface area (Å²) in [6.45, 7) is 3.57. The largest absolute Gasteiger partial charge is 0.449 e. The molecule has 7 rings (SSSR count). The van der Waals surface area contributed by atoms with Crippen LogP contribution in [0.5, 0.6) is 0 Å². The van der Waals surface area contributed by atoms with Gasteiger partial charge in [-0.05, 0) is 79.4 Å². The zero-order chi connectivity index (χ0) is 25.8. The van der Waals surface area contributed by atoms with Crippen LogP contribution in [0.3, 0.4) is 0 Å². The van der Waals surface area contributed by atoms with E-state index in [-0.39, 0.29) is 41.6 Å². The van der Waals surface area contributed by atoms with Crippen molar-refractivity contribution >= 4 is 45.3 Å². The zero-order valence-corrected chi connectivity index (χ0v) is 22.6. The fourth-order valence-corrected chi connectivity index (χ4v) is 8.90. The van der Waals surface area contributed by atoms with E-state index in [0.717, 1.165) is 63.9 Å². The maximum atomic E-state index is 13.2. The van der Waals surface area contributed by atoms with Crippen molar-refractivity contribution in [3.63, 3.8) is 0 Å². The van der Waals surface area contributed by atoms with Gasteiger partial charge in [-0.2, -0.15) is 4.37 Å². The molecule has 3 aliphatic carbocycles. The molecule has 0 unspecified atom stereocenters. The lowest BCUT2D eigenvalue weighted by atomic mass is 9.79. The third kappa shape index (κ3) is 4.08. The number of imide groups is 1. The molecule has 0 radical (unpaired) electrons. The van der Waals surface area contributed by atoms with Crippen LogP contribution in [0.1, 0.15) is 44.9 Å². The molecule has 2 aromatic rings. The standard InChI is InChI=1S/C29H36N4O4S/c34-27-24-18-9-10-19(15-18)25(24)28(35)33(27)16-20-5-1-2-6-21(20)17-37-29(36)32-13-11-31(12-14-32)26-22-7-3-4-8-23(22)38-30-26/h3-4,7-8,18-21,24-25H,1-2,5-6,9-17H2/t18-,19+,20-,21-,24+,25-/m0/s1. The molecule has 202 valence electrons. The maximum Gasteiger partial charge on any atom is 0.409 e. The van der Waals surface area contributed by atoms with Gasteiger partial charge in [0.15, 0.2) is 0 Å². The second-order valence-electron chi connectivity index (χ2n) is 12.0. The van der Waals surface area contributed by atoms with E-state index < -0.39 is 0 Å². The Morgan fingerprint density at radius 3 is 2.34 bits per heavy atom. The molecule has 6 atom stereocenters. The quantitative estimate of drug-likeness (QED) is 0.527. The van der Waals surface area contributed by atoms with E-state index in [1.807, 2.05) is 12.1 Å². The Balaban J connectivity index is 0.933. The predicted molar refractivity (Wildman–Crippen MR) is 145 cm³/mol. The number of piperazine rings is 1. The zero-order valence-electron chi connectivity index (χ0n) is 21.8. The van der Waals surface area contributed by atoms with Gasteiger partial charge in [0.1, 0.15) is 5.82 Å². The number of hydrogen-bond donors (Lipinski definition) is 0. The number of nitrogens with zero attached hydrogens (tertiary/aromatic N) is 4. The fraction of sp³-hybridized carbons (Fsp3) is 0.655. The Hall–Kier alpha value is -2.68. The molecule has 3 amide bonds. The summed E-state index contributed by atoms with van der Waals surface area (Å²) in [5.41, 5.74) is 0. The summed E-state index contributed by atoms with van der Waals surface area (Å²) in [4.78, 5) is 45.1. The van der Waals surface area contributed by atoms with Gasteiger partial charge in [0, 0.05) is 38.1 Å². The minimum atomic E-state index is -0.253.